The normalized spacial score (nSPS) is 10.7. The average molecular weight is 313 g/mol. The van der Waals surface area contributed by atoms with Crippen molar-refractivity contribution in [2.75, 3.05) is 0 Å². The van der Waals surface area contributed by atoms with Crippen LogP contribution in [0.4, 0.5) is 0 Å². The highest BCUT2D eigenvalue weighted by molar-refractivity contribution is 7.71. The Kier molecular flexibility index (Phi) is 4.97. The van der Waals surface area contributed by atoms with Crippen LogP contribution < -0.4 is 0 Å². The lowest BCUT2D eigenvalue weighted by Crippen LogP contribution is -2.02. The summed E-state index contributed by atoms with van der Waals surface area (Å²) in [6.07, 6.45) is 2.57. The second-order valence-electron chi connectivity index (χ2n) is 4.32. The van der Waals surface area contributed by atoms with Gasteiger partial charge in [-0.15, -0.1) is 0 Å². The smallest absolute Gasteiger partial charge is 0.130 e. The zero-order chi connectivity index (χ0) is 13.8. The molecular formula is C14H14Cl2N2S. The molecule has 0 saturated heterocycles. The Morgan fingerprint density at radius 2 is 1.95 bits per heavy atom. The highest BCUT2D eigenvalue weighted by atomic mass is 35.5. The lowest BCUT2D eigenvalue weighted by molar-refractivity contribution is 0.838. The molecule has 5 heteroatoms. The molecule has 1 heterocycles. The van der Waals surface area contributed by atoms with E-state index >= 15 is 0 Å². The van der Waals surface area contributed by atoms with Crippen LogP contribution in [0.3, 0.4) is 0 Å². The maximum Gasteiger partial charge on any atom is 0.130 e. The highest BCUT2D eigenvalue weighted by Gasteiger charge is 2.08. The second-order valence-corrected chi connectivity index (χ2v) is 5.55. The number of rotatable bonds is 4. The highest BCUT2D eigenvalue weighted by Crippen LogP contribution is 2.26. The summed E-state index contributed by atoms with van der Waals surface area (Å²) in [6, 6.07) is 7.38. The van der Waals surface area contributed by atoms with Crippen LogP contribution in [0.1, 0.15) is 30.4 Å². The number of hydrogen-bond acceptors (Lipinski definition) is 2. The van der Waals surface area contributed by atoms with Gasteiger partial charge in [0.05, 0.1) is 0 Å². The fourth-order valence-corrected chi connectivity index (χ4v) is 2.70. The van der Waals surface area contributed by atoms with Gasteiger partial charge in [0.15, 0.2) is 0 Å². The van der Waals surface area contributed by atoms with Crippen LogP contribution in [0, 0.1) is 4.64 Å². The van der Waals surface area contributed by atoms with Crippen molar-refractivity contribution in [2.45, 2.75) is 26.2 Å². The molecule has 2 aromatic rings. The topological polar surface area (TPSA) is 28.7 Å². The molecule has 0 amide bonds. The van der Waals surface area contributed by atoms with E-state index in [0.29, 0.717) is 21.1 Å². The van der Waals surface area contributed by atoms with Gasteiger partial charge < -0.3 is 4.98 Å². The predicted octanol–water partition coefficient (Wildman–Crippen LogP) is 4.99. The second kappa shape index (κ2) is 6.51. The lowest BCUT2D eigenvalue weighted by Gasteiger charge is -2.08. The first kappa shape index (κ1) is 14.5. The molecule has 1 N–H and O–H groups in total. The molecule has 0 atom stereocenters. The molecule has 0 spiro atoms. The zero-order valence-corrected chi connectivity index (χ0v) is 12.9. The number of aromatic nitrogens is 2. The van der Waals surface area contributed by atoms with Crippen LogP contribution in [-0.4, -0.2) is 9.97 Å². The SMILES string of the molecule is CCCc1cc(=S)nc(Cc2c(Cl)cccc2Cl)[nH]1. The number of benzene rings is 1. The van der Waals surface area contributed by atoms with Crippen LogP contribution >= 0.6 is 35.4 Å². The minimum absolute atomic E-state index is 0.555. The quantitative estimate of drug-likeness (QED) is 0.806. The number of hydrogen-bond donors (Lipinski definition) is 1. The first-order valence-electron chi connectivity index (χ1n) is 6.12. The summed E-state index contributed by atoms with van der Waals surface area (Å²) in [6.45, 7) is 2.13. The third-order valence-corrected chi connectivity index (χ3v) is 3.69. The maximum absolute atomic E-state index is 6.17. The van der Waals surface area contributed by atoms with E-state index in [1.54, 1.807) is 0 Å². The molecular weight excluding hydrogens is 299 g/mol. The predicted molar refractivity (Wildman–Crippen MR) is 82.7 cm³/mol. The standard InChI is InChI=1S/C14H14Cl2N2S/c1-2-4-9-7-14(19)18-13(17-9)8-10-11(15)5-3-6-12(10)16/h3,5-7H,2,4,8H2,1H3,(H,17,18,19). The summed E-state index contributed by atoms with van der Waals surface area (Å²) >= 11 is 17.5. The van der Waals surface area contributed by atoms with Crippen LogP contribution in [0.15, 0.2) is 24.3 Å². The molecule has 0 aliphatic rings. The van der Waals surface area contributed by atoms with Crippen molar-refractivity contribution < 1.29 is 0 Å². The van der Waals surface area contributed by atoms with Gasteiger partial charge in [0.2, 0.25) is 0 Å². The number of nitrogens with zero attached hydrogens (tertiary/aromatic N) is 1. The molecule has 0 radical (unpaired) electrons. The minimum atomic E-state index is 0.555. The van der Waals surface area contributed by atoms with E-state index in [9.17, 15) is 0 Å². The van der Waals surface area contributed by atoms with Gasteiger partial charge in [0, 0.05) is 22.2 Å². The lowest BCUT2D eigenvalue weighted by atomic mass is 10.1. The van der Waals surface area contributed by atoms with Gasteiger partial charge in [-0.1, -0.05) is 54.8 Å². The Labute approximate surface area is 127 Å². The summed E-state index contributed by atoms with van der Waals surface area (Å²) in [5, 5.41) is 1.30. The summed E-state index contributed by atoms with van der Waals surface area (Å²) in [5.74, 6) is 0.797. The zero-order valence-electron chi connectivity index (χ0n) is 10.5. The molecule has 0 bridgehead atoms. The van der Waals surface area contributed by atoms with Gasteiger partial charge in [-0.3, -0.25) is 0 Å². The Bertz CT molecular complexity index is 617. The minimum Gasteiger partial charge on any atom is -0.347 e. The number of aromatic amines is 1. The van der Waals surface area contributed by atoms with Crippen LogP contribution in [0.5, 0.6) is 0 Å². The van der Waals surface area contributed by atoms with Crippen LogP contribution in [0.2, 0.25) is 10.0 Å². The van der Waals surface area contributed by atoms with E-state index in [1.165, 1.54) is 0 Å². The van der Waals surface area contributed by atoms with Crippen molar-refractivity contribution in [3.63, 3.8) is 0 Å². The molecule has 0 unspecified atom stereocenters. The van der Waals surface area contributed by atoms with Crippen molar-refractivity contribution in [1.29, 1.82) is 0 Å². The summed E-state index contributed by atoms with van der Waals surface area (Å²) < 4.78 is 0.598. The van der Waals surface area contributed by atoms with E-state index in [-0.39, 0.29) is 0 Å². The Hall–Kier alpha value is -0.900. The third-order valence-electron chi connectivity index (χ3n) is 2.77. The molecule has 2 rings (SSSR count). The van der Waals surface area contributed by atoms with E-state index in [4.69, 9.17) is 35.4 Å². The van der Waals surface area contributed by atoms with Gasteiger partial charge in [-0.25, -0.2) is 4.98 Å². The van der Waals surface area contributed by atoms with Gasteiger partial charge in [0.25, 0.3) is 0 Å². The number of halogens is 2. The fraction of sp³-hybridized carbons (Fsp3) is 0.286. The van der Waals surface area contributed by atoms with E-state index in [2.05, 4.69) is 16.9 Å². The van der Waals surface area contributed by atoms with Crippen LogP contribution in [-0.2, 0) is 12.8 Å². The van der Waals surface area contributed by atoms with Gasteiger partial charge in [-0.2, -0.15) is 0 Å². The first-order valence-corrected chi connectivity index (χ1v) is 7.28. The molecule has 1 aromatic carbocycles. The number of H-pyrrole nitrogens is 1. The Balaban J connectivity index is 2.35. The number of nitrogens with one attached hydrogen (secondary N) is 1. The maximum atomic E-state index is 6.17. The average Bonchev–Trinajstić information content (AvgIpc) is 2.34. The van der Waals surface area contributed by atoms with Crippen molar-refractivity contribution in [3.8, 4) is 0 Å². The van der Waals surface area contributed by atoms with Crippen molar-refractivity contribution >= 4 is 35.4 Å². The van der Waals surface area contributed by atoms with Crippen molar-refractivity contribution in [1.82, 2.24) is 9.97 Å². The van der Waals surface area contributed by atoms with Crippen LogP contribution in [0.25, 0.3) is 0 Å². The Morgan fingerprint density at radius 1 is 1.26 bits per heavy atom. The molecule has 0 fully saturated rings. The molecule has 100 valence electrons. The molecule has 2 nitrogen and oxygen atoms in total. The number of aryl methyl sites for hydroxylation is 1. The molecule has 0 saturated carbocycles. The molecule has 0 aliphatic heterocycles. The van der Waals surface area contributed by atoms with E-state index in [1.807, 2.05) is 24.3 Å². The molecule has 19 heavy (non-hydrogen) atoms. The van der Waals surface area contributed by atoms with Gasteiger partial charge in [-0.05, 0) is 30.2 Å². The van der Waals surface area contributed by atoms with E-state index in [0.717, 1.165) is 29.9 Å². The van der Waals surface area contributed by atoms with Gasteiger partial charge >= 0.3 is 0 Å². The molecule has 1 aromatic heterocycles. The first-order chi connectivity index (χ1) is 9.10. The summed E-state index contributed by atoms with van der Waals surface area (Å²) in [4.78, 5) is 7.63. The van der Waals surface area contributed by atoms with Crippen molar-refractivity contribution in [2.24, 2.45) is 0 Å². The monoisotopic (exact) mass is 312 g/mol. The molecule has 0 aliphatic carbocycles. The van der Waals surface area contributed by atoms with E-state index < -0.39 is 0 Å². The summed E-state index contributed by atoms with van der Waals surface area (Å²) in [7, 11) is 0. The van der Waals surface area contributed by atoms with Crippen molar-refractivity contribution in [3.05, 3.63) is 56.0 Å². The summed E-state index contributed by atoms with van der Waals surface area (Å²) in [5.41, 5.74) is 1.97. The third kappa shape index (κ3) is 3.78. The Morgan fingerprint density at radius 3 is 2.58 bits per heavy atom. The van der Waals surface area contributed by atoms with Gasteiger partial charge in [0.1, 0.15) is 10.5 Å². The largest absolute Gasteiger partial charge is 0.347 e. The fourth-order valence-electron chi connectivity index (χ4n) is 1.92.